The van der Waals surface area contributed by atoms with Gasteiger partial charge in [0.25, 0.3) is 0 Å². The smallest absolute Gasteiger partial charge is 0.224 e. The standard InChI is InChI=1S/C25H33N3O4/c1-28-14-18(13-19(26)15-28)24(29)27-16-25(17-31-12-11-30-2)20-7-3-5-9-22(20)32-23-10-6-4-8-21(23)25/h3-10,18-19H,11-17,26H2,1-2H3,(H,27,29)/t18-,19+/m0/s1. The lowest BCUT2D eigenvalue weighted by Crippen LogP contribution is -2.52. The Morgan fingerprint density at radius 3 is 2.41 bits per heavy atom. The van der Waals surface area contributed by atoms with Crippen molar-refractivity contribution in [1.82, 2.24) is 10.2 Å². The first-order valence-electron chi connectivity index (χ1n) is 11.2. The van der Waals surface area contributed by atoms with Gasteiger partial charge in [-0.1, -0.05) is 36.4 Å². The third-order valence-corrected chi connectivity index (χ3v) is 6.41. The van der Waals surface area contributed by atoms with Crippen molar-refractivity contribution in [2.24, 2.45) is 11.7 Å². The Morgan fingerprint density at radius 2 is 1.78 bits per heavy atom. The quantitative estimate of drug-likeness (QED) is 0.613. The first-order chi connectivity index (χ1) is 15.5. The summed E-state index contributed by atoms with van der Waals surface area (Å²) in [5.74, 6) is 1.48. The van der Waals surface area contributed by atoms with E-state index in [9.17, 15) is 4.79 Å². The summed E-state index contributed by atoms with van der Waals surface area (Å²) in [5.41, 5.74) is 7.61. The van der Waals surface area contributed by atoms with Gasteiger partial charge >= 0.3 is 0 Å². The molecule has 2 aromatic carbocycles. The van der Waals surface area contributed by atoms with E-state index in [-0.39, 0.29) is 17.9 Å². The van der Waals surface area contributed by atoms with E-state index in [0.29, 0.717) is 39.3 Å². The summed E-state index contributed by atoms with van der Waals surface area (Å²) in [6, 6.07) is 16.0. The third kappa shape index (κ3) is 4.66. The zero-order valence-corrected chi connectivity index (χ0v) is 18.9. The van der Waals surface area contributed by atoms with Crippen LogP contribution in [0.3, 0.4) is 0 Å². The SMILES string of the molecule is COCCOCC1(CNC(=O)[C@H]2C[C@@H](N)CN(C)C2)c2ccccc2Oc2ccccc21. The molecule has 0 bridgehead atoms. The number of ether oxygens (including phenoxy) is 3. The summed E-state index contributed by atoms with van der Waals surface area (Å²) < 4.78 is 17.4. The minimum atomic E-state index is -0.572. The summed E-state index contributed by atoms with van der Waals surface area (Å²) in [4.78, 5) is 15.3. The van der Waals surface area contributed by atoms with Gasteiger partial charge in [0.15, 0.2) is 0 Å². The van der Waals surface area contributed by atoms with Crippen LogP contribution in [0.5, 0.6) is 11.5 Å². The number of rotatable bonds is 8. The number of hydrogen-bond acceptors (Lipinski definition) is 6. The molecule has 32 heavy (non-hydrogen) atoms. The molecule has 0 radical (unpaired) electrons. The number of hydrogen-bond donors (Lipinski definition) is 2. The Labute approximate surface area is 189 Å². The predicted molar refractivity (Wildman–Crippen MR) is 123 cm³/mol. The van der Waals surface area contributed by atoms with E-state index >= 15 is 0 Å². The molecule has 2 aromatic rings. The van der Waals surface area contributed by atoms with Crippen LogP contribution < -0.4 is 15.8 Å². The van der Waals surface area contributed by atoms with Gasteiger partial charge in [-0.3, -0.25) is 4.79 Å². The maximum atomic E-state index is 13.2. The van der Waals surface area contributed by atoms with Crippen molar-refractivity contribution >= 4 is 5.91 Å². The molecule has 1 saturated heterocycles. The monoisotopic (exact) mass is 439 g/mol. The summed E-state index contributed by atoms with van der Waals surface area (Å²) >= 11 is 0. The van der Waals surface area contributed by atoms with Gasteiger partial charge in [-0.15, -0.1) is 0 Å². The van der Waals surface area contributed by atoms with Crippen LogP contribution in [0.1, 0.15) is 17.5 Å². The van der Waals surface area contributed by atoms with Crippen LogP contribution in [0, 0.1) is 5.92 Å². The average molecular weight is 440 g/mol. The fourth-order valence-electron chi connectivity index (χ4n) is 4.89. The molecule has 2 aliphatic rings. The van der Waals surface area contributed by atoms with Gasteiger partial charge in [-0.25, -0.2) is 0 Å². The largest absolute Gasteiger partial charge is 0.457 e. The normalized spacial score (nSPS) is 21.8. The molecule has 0 aromatic heterocycles. The molecular formula is C25H33N3O4. The van der Waals surface area contributed by atoms with E-state index in [0.717, 1.165) is 29.2 Å². The van der Waals surface area contributed by atoms with Gasteiger partial charge in [0.2, 0.25) is 5.91 Å². The first kappa shape index (κ1) is 22.7. The fourth-order valence-corrected chi connectivity index (χ4v) is 4.89. The molecule has 7 nitrogen and oxygen atoms in total. The second-order valence-electron chi connectivity index (χ2n) is 8.85. The number of carbonyl (C=O) groups excluding carboxylic acids is 1. The van der Waals surface area contributed by atoms with Crippen LogP contribution in [-0.2, 0) is 19.7 Å². The molecule has 7 heteroatoms. The first-order valence-corrected chi connectivity index (χ1v) is 11.2. The lowest BCUT2D eigenvalue weighted by molar-refractivity contribution is -0.127. The summed E-state index contributed by atoms with van der Waals surface area (Å²) in [7, 11) is 3.67. The Hall–Kier alpha value is -2.45. The van der Waals surface area contributed by atoms with Crippen LogP contribution in [0.2, 0.25) is 0 Å². The van der Waals surface area contributed by atoms with Crippen molar-refractivity contribution in [2.75, 3.05) is 53.6 Å². The van der Waals surface area contributed by atoms with Crippen LogP contribution in [0.15, 0.2) is 48.5 Å². The molecular weight excluding hydrogens is 406 g/mol. The minimum Gasteiger partial charge on any atom is -0.457 e. The van der Waals surface area contributed by atoms with Crippen LogP contribution >= 0.6 is 0 Å². The van der Waals surface area contributed by atoms with Gasteiger partial charge in [0.1, 0.15) is 11.5 Å². The maximum absolute atomic E-state index is 13.2. The number of likely N-dealkylation sites (N-methyl/N-ethyl adjacent to an activating group) is 1. The second kappa shape index (κ2) is 10.0. The number of nitrogens with one attached hydrogen (secondary N) is 1. The Kier molecular flexibility index (Phi) is 7.10. The van der Waals surface area contributed by atoms with E-state index in [1.54, 1.807) is 7.11 Å². The van der Waals surface area contributed by atoms with Crippen molar-refractivity contribution in [1.29, 1.82) is 0 Å². The van der Waals surface area contributed by atoms with Crippen molar-refractivity contribution < 1.29 is 19.0 Å². The van der Waals surface area contributed by atoms with E-state index in [1.807, 2.05) is 43.4 Å². The van der Waals surface area contributed by atoms with Gasteiger partial charge < -0.3 is 30.2 Å². The Balaban J connectivity index is 1.64. The van der Waals surface area contributed by atoms with Crippen molar-refractivity contribution in [3.05, 3.63) is 59.7 Å². The highest BCUT2D eigenvalue weighted by atomic mass is 16.5. The summed E-state index contributed by atoms with van der Waals surface area (Å²) in [5, 5.41) is 3.24. The number of carbonyl (C=O) groups is 1. The highest BCUT2D eigenvalue weighted by molar-refractivity contribution is 5.79. The fraction of sp³-hybridized carbons (Fsp3) is 0.480. The number of amides is 1. The number of nitrogens with two attached hydrogens (primary N) is 1. The van der Waals surface area contributed by atoms with Crippen molar-refractivity contribution in [2.45, 2.75) is 17.9 Å². The van der Waals surface area contributed by atoms with Gasteiger partial charge in [-0.2, -0.15) is 0 Å². The zero-order valence-electron chi connectivity index (χ0n) is 18.9. The maximum Gasteiger partial charge on any atom is 0.224 e. The van der Waals surface area contributed by atoms with Gasteiger partial charge in [-0.05, 0) is 25.6 Å². The molecule has 4 rings (SSSR count). The van der Waals surface area contributed by atoms with Crippen LogP contribution in [0.25, 0.3) is 0 Å². The molecule has 0 saturated carbocycles. The number of fused-ring (bicyclic) bond motifs is 2. The Bertz CT molecular complexity index is 879. The molecule has 2 aliphatic heterocycles. The average Bonchev–Trinajstić information content (AvgIpc) is 2.79. The number of nitrogens with zero attached hydrogens (tertiary/aromatic N) is 1. The summed E-state index contributed by atoms with van der Waals surface area (Å²) in [6.45, 7) is 3.32. The van der Waals surface area contributed by atoms with Crippen LogP contribution in [-0.4, -0.2) is 70.5 Å². The molecule has 1 fully saturated rings. The second-order valence-corrected chi connectivity index (χ2v) is 8.85. The van der Waals surface area contributed by atoms with E-state index < -0.39 is 5.41 Å². The number of methoxy groups -OCH3 is 1. The molecule has 0 aliphatic carbocycles. The highest BCUT2D eigenvalue weighted by Crippen LogP contribution is 2.48. The number of para-hydroxylation sites is 2. The number of likely N-dealkylation sites (tertiary alicyclic amines) is 1. The van der Waals surface area contributed by atoms with Gasteiger partial charge in [0, 0.05) is 43.9 Å². The molecule has 2 heterocycles. The third-order valence-electron chi connectivity index (χ3n) is 6.41. The molecule has 3 N–H and O–H groups in total. The van der Waals surface area contributed by atoms with Crippen molar-refractivity contribution in [3.8, 4) is 11.5 Å². The van der Waals surface area contributed by atoms with Gasteiger partial charge in [0.05, 0.1) is 31.2 Å². The number of piperidine rings is 1. The minimum absolute atomic E-state index is 0.0142. The van der Waals surface area contributed by atoms with E-state index in [2.05, 4.69) is 22.3 Å². The molecule has 0 spiro atoms. The molecule has 2 atom stereocenters. The van der Waals surface area contributed by atoms with E-state index in [4.69, 9.17) is 19.9 Å². The highest BCUT2D eigenvalue weighted by Gasteiger charge is 2.43. The van der Waals surface area contributed by atoms with Crippen molar-refractivity contribution in [3.63, 3.8) is 0 Å². The lowest BCUT2D eigenvalue weighted by Gasteiger charge is -2.41. The topological polar surface area (TPSA) is 86.0 Å². The lowest BCUT2D eigenvalue weighted by atomic mass is 9.72. The molecule has 0 unspecified atom stereocenters. The zero-order chi connectivity index (χ0) is 22.6. The van der Waals surface area contributed by atoms with Crippen LogP contribution in [0.4, 0.5) is 0 Å². The van der Waals surface area contributed by atoms with E-state index in [1.165, 1.54) is 0 Å². The Morgan fingerprint density at radius 1 is 1.12 bits per heavy atom. The molecule has 172 valence electrons. The summed E-state index contributed by atoms with van der Waals surface area (Å²) in [6.07, 6.45) is 0.698. The molecule has 1 amide bonds. The number of benzene rings is 2. The predicted octanol–water partition coefficient (Wildman–Crippen LogP) is 2.14.